The summed E-state index contributed by atoms with van der Waals surface area (Å²) in [6, 6.07) is 10.6. The fourth-order valence-electron chi connectivity index (χ4n) is 5.48. The predicted octanol–water partition coefficient (Wildman–Crippen LogP) is 4.65. The van der Waals surface area contributed by atoms with Crippen LogP contribution in [0, 0.1) is 6.92 Å². The van der Waals surface area contributed by atoms with Gasteiger partial charge in [0.15, 0.2) is 0 Å². The first-order valence-electron chi connectivity index (χ1n) is 12.2. The van der Waals surface area contributed by atoms with E-state index in [-0.39, 0.29) is 17.7 Å². The van der Waals surface area contributed by atoms with Crippen LogP contribution in [0.3, 0.4) is 0 Å². The lowest BCUT2D eigenvalue weighted by atomic mass is 9.89. The van der Waals surface area contributed by atoms with Gasteiger partial charge >= 0.3 is 0 Å². The molecule has 2 saturated heterocycles. The van der Waals surface area contributed by atoms with Crippen molar-refractivity contribution >= 4 is 22.7 Å². The van der Waals surface area contributed by atoms with Crippen molar-refractivity contribution in [3.8, 4) is 11.1 Å². The van der Waals surface area contributed by atoms with Crippen molar-refractivity contribution in [2.24, 2.45) is 0 Å². The molecule has 4 heterocycles. The van der Waals surface area contributed by atoms with Crippen LogP contribution in [-0.2, 0) is 9.59 Å². The molecule has 172 valence electrons. The number of carbonyl (C=O) groups excluding carboxylic acids is 2. The summed E-state index contributed by atoms with van der Waals surface area (Å²) in [5.41, 5.74) is 6.04. The van der Waals surface area contributed by atoms with Crippen LogP contribution in [0.4, 0.5) is 0 Å². The Morgan fingerprint density at radius 1 is 1.15 bits per heavy atom. The van der Waals surface area contributed by atoms with Crippen LogP contribution >= 0.6 is 0 Å². The summed E-state index contributed by atoms with van der Waals surface area (Å²) in [6.07, 6.45) is 8.63. The summed E-state index contributed by atoms with van der Waals surface area (Å²) in [6.45, 7) is 5.25. The van der Waals surface area contributed by atoms with Crippen LogP contribution in [0.25, 0.3) is 22.0 Å². The lowest BCUT2D eigenvalue weighted by Gasteiger charge is -2.33. The van der Waals surface area contributed by atoms with Crippen LogP contribution in [0.2, 0.25) is 0 Å². The summed E-state index contributed by atoms with van der Waals surface area (Å²) < 4.78 is 0. The average Bonchev–Trinajstić information content (AvgIpc) is 3.44. The van der Waals surface area contributed by atoms with Gasteiger partial charge in [0.2, 0.25) is 11.8 Å². The normalized spacial score (nSPS) is 18.9. The topological polar surface area (TPSA) is 69.3 Å². The number of nitrogens with zero attached hydrogens (tertiary/aromatic N) is 3. The van der Waals surface area contributed by atoms with Gasteiger partial charge in [-0.1, -0.05) is 18.2 Å². The van der Waals surface area contributed by atoms with E-state index in [4.69, 9.17) is 0 Å². The van der Waals surface area contributed by atoms with Crippen LogP contribution < -0.4 is 0 Å². The van der Waals surface area contributed by atoms with Gasteiger partial charge in [-0.05, 0) is 55.9 Å². The van der Waals surface area contributed by atoms with Crippen molar-refractivity contribution in [2.75, 3.05) is 26.2 Å². The Labute approximate surface area is 195 Å². The highest BCUT2D eigenvalue weighted by atomic mass is 16.2. The molecule has 0 saturated carbocycles. The Kier molecular flexibility index (Phi) is 6.16. The number of H-pyrrole nitrogens is 1. The van der Waals surface area contributed by atoms with E-state index >= 15 is 0 Å². The molecule has 2 aliphatic rings. The van der Waals surface area contributed by atoms with Crippen molar-refractivity contribution in [2.45, 2.75) is 51.4 Å². The molecule has 0 aliphatic carbocycles. The number of para-hydroxylation sites is 1. The minimum Gasteiger partial charge on any atom is -0.357 e. The Hall–Kier alpha value is -3.15. The number of aromatic amines is 1. The molecule has 0 spiro atoms. The summed E-state index contributed by atoms with van der Waals surface area (Å²) in [5, 5.41) is 1.23. The fraction of sp³-hybridized carbons (Fsp3) is 0.444. The molecule has 2 aliphatic heterocycles. The third kappa shape index (κ3) is 4.39. The molecule has 5 rings (SSSR count). The number of aromatic nitrogens is 2. The molecular formula is C27H32N4O2. The van der Waals surface area contributed by atoms with Crippen molar-refractivity contribution in [3.63, 3.8) is 0 Å². The molecule has 2 amide bonds. The molecule has 3 aromatic rings. The number of carbonyl (C=O) groups is 2. The van der Waals surface area contributed by atoms with Crippen LogP contribution in [0.15, 0.2) is 42.7 Å². The molecule has 0 unspecified atom stereocenters. The molecule has 33 heavy (non-hydrogen) atoms. The second kappa shape index (κ2) is 9.38. The maximum Gasteiger partial charge on any atom is 0.222 e. The number of likely N-dealkylation sites (tertiary alicyclic amines) is 2. The van der Waals surface area contributed by atoms with Crippen molar-refractivity contribution in [1.29, 1.82) is 0 Å². The molecule has 0 bridgehead atoms. The number of hydrogen-bond acceptors (Lipinski definition) is 3. The number of aryl methyl sites for hydroxylation is 1. The van der Waals surface area contributed by atoms with Gasteiger partial charge in [0.1, 0.15) is 0 Å². The van der Waals surface area contributed by atoms with Crippen LogP contribution in [-0.4, -0.2) is 57.8 Å². The number of hydrogen-bond donors (Lipinski definition) is 1. The number of nitrogens with one attached hydrogen (secondary N) is 1. The SMILES string of the molecule is Cc1cccc2c(-c3ccncc3)c([C@@H]3CCCN(C(=O)CCCN4CCCC4=O)C3)[nH]c12. The molecule has 1 N–H and O–H groups in total. The molecule has 0 radical (unpaired) electrons. The summed E-state index contributed by atoms with van der Waals surface area (Å²) >= 11 is 0. The maximum absolute atomic E-state index is 13.0. The van der Waals surface area contributed by atoms with Crippen LogP contribution in [0.1, 0.15) is 55.7 Å². The molecule has 2 fully saturated rings. The second-order valence-corrected chi connectivity index (χ2v) is 9.41. The summed E-state index contributed by atoms with van der Waals surface area (Å²) in [5.74, 6) is 0.722. The van der Waals surface area contributed by atoms with Crippen LogP contribution in [0.5, 0.6) is 0 Å². The highest BCUT2D eigenvalue weighted by Gasteiger charge is 2.29. The maximum atomic E-state index is 13.0. The van der Waals surface area contributed by atoms with Gasteiger partial charge < -0.3 is 14.8 Å². The Morgan fingerprint density at radius 2 is 2.00 bits per heavy atom. The van der Waals surface area contributed by atoms with Gasteiger partial charge in [-0.3, -0.25) is 14.6 Å². The van der Waals surface area contributed by atoms with E-state index in [1.54, 1.807) is 0 Å². The van der Waals surface area contributed by atoms with E-state index < -0.39 is 0 Å². The van der Waals surface area contributed by atoms with Crippen molar-refractivity contribution < 1.29 is 9.59 Å². The zero-order valence-electron chi connectivity index (χ0n) is 19.3. The summed E-state index contributed by atoms with van der Waals surface area (Å²) in [4.78, 5) is 36.7. The van der Waals surface area contributed by atoms with E-state index in [1.807, 2.05) is 22.2 Å². The van der Waals surface area contributed by atoms with Gasteiger partial charge in [0, 0.05) is 79.5 Å². The molecule has 6 nitrogen and oxygen atoms in total. The minimum atomic E-state index is 0.212. The summed E-state index contributed by atoms with van der Waals surface area (Å²) in [7, 11) is 0. The molecule has 1 aromatic carbocycles. The number of amides is 2. The fourth-order valence-corrected chi connectivity index (χ4v) is 5.48. The zero-order valence-corrected chi connectivity index (χ0v) is 19.3. The molecule has 1 atom stereocenters. The monoisotopic (exact) mass is 444 g/mol. The zero-order chi connectivity index (χ0) is 22.8. The molecule has 6 heteroatoms. The molecule has 2 aromatic heterocycles. The lowest BCUT2D eigenvalue weighted by molar-refractivity contribution is -0.133. The third-order valence-electron chi connectivity index (χ3n) is 7.21. The number of pyridine rings is 1. The Balaban J connectivity index is 1.35. The number of rotatable bonds is 6. The number of piperidine rings is 1. The second-order valence-electron chi connectivity index (χ2n) is 9.41. The van der Waals surface area contributed by atoms with Gasteiger partial charge in [0.05, 0.1) is 0 Å². The van der Waals surface area contributed by atoms with Gasteiger partial charge in [-0.25, -0.2) is 0 Å². The number of benzene rings is 1. The van der Waals surface area contributed by atoms with E-state index in [9.17, 15) is 9.59 Å². The minimum absolute atomic E-state index is 0.212. The first-order valence-corrected chi connectivity index (χ1v) is 12.2. The highest BCUT2D eigenvalue weighted by molar-refractivity contribution is 5.99. The Bertz CT molecular complexity index is 1150. The first kappa shape index (κ1) is 21.7. The van der Waals surface area contributed by atoms with Crippen molar-refractivity contribution in [1.82, 2.24) is 19.8 Å². The van der Waals surface area contributed by atoms with E-state index in [1.165, 1.54) is 27.7 Å². The average molecular weight is 445 g/mol. The smallest absolute Gasteiger partial charge is 0.222 e. The van der Waals surface area contributed by atoms with Crippen molar-refractivity contribution in [3.05, 3.63) is 54.0 Å². The molecular weight excluding hydrogens is 412 g/mol. The quantitative estimate of drug-likeness (QED) is 0.602. The lowest BCUT2D eigenvalue weighted by Crippen LogP contribution is -2.39. The number of fused-ring (bicyclic) bond motifs is 1. The highest BCUT2D eigenvalue weighted by Crippen LogP contribution is 2.40. The standard InChI is InChI=1S/C27H32N4O2/c1-19-6-2-8-22-25(20-11-13-28-14-12-20)27(29-26(19)22)21-7-3-17-31(18-21)24(33)10-5-16-30-15-4-9-23(30)32/h2,6,8,11-14,21,29H,3-5,7,9-10,15-18H2,1H3/t21-/m1/s1. The van der Waals surface area contributed by atoms with Gasteiger partial charge in [0.25, 0.3) is 0 Å². The Morgan fingerprint density at radius 3 is 2.79 bits per heavy atom. The van der Waals surface area contributed by atoms with Gasteiger partial charge in [-0.15, -0.1) is 0 Å². The predicted molar refractivity (Wildman–Crippen MR) is 130 cm³/mol. The first-order chi connectivity index (χ1) is 16.1. The van der Waals surface area contributed by atoms with E-state index in [0.29, 0.717) is 19.4 Å². The third-order valence-corrected chi connectivity index (χ3v) is 7.21. The van der Waals surface area contributed by atoms with E-state index in [0.717, 1.165) is 50.9 Å². The largest absolute Gasteiger partial charge is 0.357 e. The van der Waals surface area contributed by atoms with Gasteiger partial charge in [-0.2, -0.15) is 0 Å². The van der Waals surface area contributed by atoms with E-state index in [2.05, 4.69) is 47.2 Å².